The van der Waals surface area contributed by atoms with Crippen molar-refractivity contribution in [3.8, 4) is 5.88 Å². The molecule has 0 unspecified atom stereocenters. The number of alkyl halides is 2. The molecule has 2 aromatic rings. The van der Waals surface area contributed by atoms with Gasteiger partial charge < -0.3 is 9.94 Å². The fraction of sp³-hybridized carbons (Fsp3) is 0.167. The molecule has 0 bridgehead atoms. The number of aromatic nitrogens is 2. The minimum atomic E-state index is -2.68. The molecule has 1 aromatic heterocycles. The van der Waals surface area contributed by atoms with E-state index in [4.69, 9.17) is 15.2 Å². The lowest BCUT2D eigenvalue weighted by atomic mass is 10.1. The predicted octanol–water partition coefficient (Wildman–Crippen LogP) is 2.13. The van der Waals surface area contributed by atoms with E-state index < -0.39 is 11.7 Å². The molecule has 0 saturated heterocycles. The van der Waals surface area contributed by atoms with E-state index in [1.807, 2.05) is 0 Å². The molecule has 0 atom stereocenters. The molecule has 0 radical (unpaired) electrons. The van der Waals surface area contributed by atoms with Gasteiger partial charge in [0, 0.05) is 22.1 Å². The topological polar surface area (TPSA) is 96.6 Å². The number of rotatable bonds is 6. The average Bonchev–Trinajstić information content (AvgIpc) is 2.90. The van der Waals surface area contributed by atoms with Gasteiger partial charge in [-0.25, -0.2) is 5.48 Å². The first-order valence-electron chi connectivity index (χ1n) is 5.90. The Bertz CT molecular complexity index is 666. The maximum Gasteiger partial charge on any atom is 0.288 e. The van der Waals surface area contributed by atoms with Crippen LogP contribution in [0.4, 0.5) is 8.78 Å². The maximum absolute atomic E-state index is 12.6. The van der Waals surface area contributed by atoms with Gasteiger partial charge in [-0.3, -0.25) is 10.0 Å². The van der Waals surface area contributed by atoms with Crippen molar-refractivity contribution in [1.82, 2.24) is 15.4 Å². The SMILES string of the molecule is O=C(NO)c1cccc(SC(F)F)c1COc1ccn(O)n1. The highest BCUT2D eigenvalue weighted by Gasteiger charge is 2.18. The summed E-state index contributed by atoms with van der Waals surface area (Å²) in [7, 11) is 0. The van der Waals surface area contributed by atoms with E-state index in [-0.39, 0.29) is 40.3 Å². The van der Waals surface area contributed by atoms with E-state index in [1.54, 1.807) is 0 Å². The molecular weight excluding hydrogens is 320 g/mol. The molecule has 22 heavy (non-hydrogen) atoms. The molecule has 0 aliphatic carbocycles. The van der Waals surface area contributed by atoms with Crippen LogP contribution in [0.2, 0.25) is 0 Å². The number of hydrogen-bond acceptors (Lipinski definition) is 6. The van der Waals surface area contributed by atoms with Crippen LogP contribution in [0.25, 0.3) is 0 Å². The summed E-state index contributed by atoms with van der Waals surface area (Å²) in [5.74, 6) is -3.47. The summed E-state index contributed by atoms with van der Waals surface area (Å²) in [6.45, 7) is -0.240. The van der Waals surface area contributed by atoms with Crippen LogP contribution >= 0.6 is 11.8 Å². The third-order valence-electron chi connectivity index (χ3n) is 2.61. The van der Waals surface area contributed by atoms with Crippen LogP contribution in [-0.2, 0) is 6.61 Å². The number of benzene rings is 1. The number of nitrogens with one attached hydrogen (secondary N) is 1. The first-order valence-corrected chi connectivity index (χ1v) is 6.78. The summed E-state index contributed by atoms with van der Waals surface area (Å²) in [6.07, 6.45) is 1.22. The van der Waals surface area contributed by atoms with Crippen LogP contribution in [0.3, 0.4) is 0 Å². The molecule has 0 saturated carbocycles. The maximum atomic E-state index is 12.6. The minimum Gasteiger partial charge on any atom is -0.472 e. The highest BCUT2D eigenvalue weighted by atomic mass is 32.2. The molecule has 3 N–H and O–H groups in total. The number of nitrogens with zero attached hydrogens (tertiary/aromatic N) is 2. The van der Waals surface area contributed by atoms with E-state index in [9.17, 15) is 13.6 Å². The lowest BCUT2D eigenvalue weighted by Gasteiger charge is -2.13. The molecule has 0 fully saturated rings. The van der Waals surface area contributed by atoms with E-state index in [1.165, 1.54) is 35.9 Å². The molecule has 0 aliphatic heterocycles. The molecule has 7 nitrogen and oxygen atoms in total. The van der Waals surface area contributed by atoms with Gasteiger partial charge in [-0.05, 0) is 12.1 Å². The van der Waals surface area contributed by atoms with Crippen molar-refractivity contribution < 1.29 is 28.7 Å². The van der Waals surface area contributed by atoms with Crippen molar-refractivity contribution in [2.24, 2.45) is 0 Å². The van der Waals surface area contributed by atoms with Crippen LogP contribution in [0.5, 0.6) is 5.88 Å². The molecule has 10 heteroatoms. The number of carbonyl (C=O) groups is 1. The highest BCUT2D eigenvalue weighted by Crippen LogP contribution is 2.31. The number of thioether (sulfide) groups is 1. The summed E-state index contributed by atoms with van der Waals surface area (Å²) >= 11 is 0.257. The molecule has 2 rings (SSSR count). The summed E-state index contributed by atoms with van der Waals surface area (Å²) in [4.78, 5) is 12.3. The average molecular weight is 331 g/mol. The summed E-state index contributed by atoms with van der Waals surface area (Å²) < 4.78 is 30.5. The van der Waals surface area contributed by atoms with Gasteiger partial charge in [0.05, 0.1) is 6.20 Å². The van der Waals surface area contributed by atoms with Crippen LogP contribution in [-0.4, -0.2) is 32.0 Å². The summed E-state index contributed by atoms with van der Waals surface area (Å²) in [5, 5.41) is 21.3. The van der Waals surface area contributed by atoms with Gasteiger partial charge in [0.1, 0.15) is 6.61 Å². The Balaban J connectivity index is 2.29. The molecule has 118 valence electrons. The second-order valence-corrected chi connectivity index (χ2v) is 5.00. The van der Waals surface area contributed by atoms with Crippen molar-refractivity contribution >= 4 is 17.7 Å². The third kappa shape index (κ3) is 3.86. The highest BCUT2D eigenvalue weighted by molar-refractivity contribution is 7.99. The van der Waals surface area contributed by atoms with E-state index in [0.717, 1.165) is 0 Å². The van der Waals surface area contributed by atoms with Gasteiger partial charge in [-0.15, -0.1) is 4.85 Å². The fourth-order valence-electron chi connectivity index (χ4n) is 1.72. The minimum absolute atomic E-state index is 0.00317. The lowest BCUT2D eigenvalue weighted by Crippen LogP contribution is -2.21. The summed E-state index contributed by atoms with van der Waals surface area (Å²) in [5.41, 5.74) is 1.62. The van der Waals surface area contributed by atoms with Crippen LogP contribution in [0, 0.1) is 0 Å². The zero-order chi connectivity index (χ0) is 16.1. The fourth-order valence-corrected chi connectivity index (χ4v) is 2.38. The molecule has 1 heterocycles. The van der Waals surface area contributed by atoms with E-state index in [0.29, 0.717) is 4.85 Å². The summed E-state index contributed by atoms with van der Waals surface area (Å²) in [6, 6.07) is 5.55. The number of ether oxygens (including phenoxy) is 1. The smallest absolute Gasteiger partial charge is 0.288 e. The Morgan fingerprint density at radius 2 is 2.23 bits per heavy atom. The van der Waals surface area contributed by atoms with Gasteiger partial charge in [-0.1, -0.05) is 22.9 Å². The van der Waals surface area contributed by atoms with E-state index in [2.05, 4.69) is 5.10 Å². The number of hydrogen-bond donors (Lipinski definition) is 3. The molecule has 0 spiro atoms. The van der Waals surface area contributed by atoms with Crippen molar-refractivity contribution in [3.63, 3.8) is 0 Å². The Kier molecular flexibility index (Phi) is 5.17. The molecule has 1 aromatic carbocycles. The number of carbonyl (C=O) groups excluding carboxylic acids is 1. The first-order chi connectivity index (χ1) is 10.5. The van der Waals surface area contributed by atoms with Gasteiger partial charge in [0.15, 0.2) is 0 Å². The molecule has 0 aliphatic rings. The van der Waals surface area contributed by atoms with E-state index >= 15 is 0 Å². The normalized spacial score (nSPS) is 10.7. The van der Waals surface area contributed by atoms with Crippen molar-refractivity contribution in [1.29, 1.82) is 0 Å². The quantitative estimate of drug-likeness (QED) is 0.325. The zero-order valence-electron chi connectivity index (χ0n) is 10.9. The largest absolute Gasteiger partial charge is 0.472 e. The Morgan fingerprint density at radius 3 is 2.82 bits per heavy atom. The van der Waals surface area contributed by atoms with Crippen LogP contribution < -0.4 is 10.2 Å². The number of amides is 1. The second kappa shape index (κ2) is 7.09. The van der Waals surface area contributed by atoms with Crippen LogP contribution in [0.1, 0.15) is 15.9 Å². The number of halogens is 2. The van der Waals surface area contributed by atoms with Gasteiger partial charge >= 0.3 is 0 Å². The standard InChI is InChI=1S/C12H11F2N3O4S/c13-12(14)22-9-3-1-2-7(11(18)16-19)8(9)6-21-10-4-5-17(20)15-10/h1-5,12,19-20H,6H2,(H,16,18). The van der Waals surface area contributed by atoms with Crippen LogP contribution in [0.15, 0.2) is 35.4 Å². The Morgan fingerprint density at radius 1 is 1.45 bits per heavy atom. The van der Waals surface area contributed by atoms with Crippen molar-refractivity contribution in [3.05, 3.63) is 41.6 Å². The monoisotopic (exact) mass is 331 g/mol. The van der Waals surface area contributed by atoms with Crippen molar-refractivity contribution in [2.45, 2.75) is 17.3 Å². The first kappa shape index (κ1) is 16.0. The molecular formula is C12H11F2N3O4S. The predicted molar refractivity (Wildman–Crippen MR) is 71.3 cm³/mol. The lowest BCUT2D eigenvalue weighted by molar-refractivity contribution is 0.0703. The number of hydroxylamine groups is 1. The van der Waals surface area contributed by atoms with Crippen molar-refractivity contribution in [2.75, 3.05) is 0 Å². The zero-order valence-corrected chi connectivity index (χ0v) is 11.8. The Labute approximate surface area is 127 Å². The van der Waals surface area contributed by atoms with Gasteiger partial charge in [0.25, 0.3) is 11.7 Å². The Hall–Kier alpha value is -2.33. The third-order valence-corrected chi connectivity index (χ3v) is 3.43. The van der Waals surface area contributed by atoms with Gasteiger partial charge in [0.2, 0.25) is 5.88 Å². The van der Waals surface area contributed by atoms with Gasteiger partial charge in [-0.2, -0.15) is 8.78 Å². The second-order valence-electron chi connectivity index (χ2n) is 3.96. The molecule has 1 amide bonds.